The number of carbonyl (C=O) groups is 1. The number of hydrogen-bond donors (Lipinski definition) is 2. The SMILES string of the molecule is CC(NP(=S)(Cl)Oc1ccccc1)C(=O)O. The van der Waals surface area contributed by atoms with E-state index in [1.807, 2.05) is 6.07 Å². The largest absolute Gasteiger partial charge is 0.480 e. The van der Waals surface area contributed by atoms with Crippen molar-refractivity contribution in [2.45, 2.75) is 13.0 Å². The molecule has 0 fully saturated rings. The molecule has 1 aromatic rings. The third-order valence-electron chi connectivity index (χ3n) is 1.68. The Balaban J connectivity index is 2.66. The van der Waals surface area contributed by atoms with E-state index in [0.717, 1.165) is 0 Å². The van der Waals surface area contributed by atoms with Crippen LogP contribution in [0.2, 0.25) is 0 Å². The van der Waals surface area contributed by atoms with E-state index in [4.69, 9.17) is 32.7 Å². The van der Waals surface area contributed by atoms with Crippen molar-refractivity contribution in [3.8, 4) is 5.75 Å². The average Bonchev–Trinajstić information content (AvgIpc) is 2.17. The molecule has 0 saturated carbocycles. The van der Waals surface area contributed by atoms with Gasteiger partial charge in [0.15, 0.2) is 0 Å². The number of nitrogens with one attached hydrogen (secondary N) is 1. The zero-order valence-electron chi connectivity index (χ0n) is 8.46. The zero-order valence-corrected chi connectivity index (χ0v) is 10.9. The Hall–Kier alpha value is -0.610. The van der Waals surface area contributed by atoms with Crippen molar-refractivity contribution in [2.75, 3.05) is 0 Å². The Labute approximate surface area is 104 Å². The van der Waals surface area contributed by atoms with Gasteiger partial charge < -0.3 is 9.63 Å². The lowest BCUT2D eigenvalue weighted by molar-refractivity contribution is -0.138. The molecule has 0 amide bonds. The standard InChI is InChI=1S/C9H11ClNO3PS/c1-7(9(12)13)11-15(10,16)14-8-5-3-2-4-6-8/h2-7H,1H3,(H,11,16)(H,12,13). The molecule has 0 bridgehead atoms. The van der Waals surface area contributed by atoms with Crippen LogP contribution in [0.15, 0.2) is 30.3 Å². The van der Waals surface area contributed by atoms with E-state index in [2.05, 4.69) is 5.09 Å². The molecule has 0 saturated heterocycles. The molecule has 0 aliphatic rings. The number of hydrogen-bond acceptors (Lipinski definition) is 3. The summed E-state index contributed by atoms with van der Waals surface area (Å²) >= 11 is 10.9. The van der Waals surface area contributed by atoms with Crippen LogP contribution in [-0.4, -0.2) is 17.1 Å². The van der Waals surface area contributed by atoms with Crippen molar-refractivity contribution in [1.82, 2.24) is 5.09 Å². The first kappa shape index (κ1) is 13.5. The summed E-state index contributed by atoms with van der Waals surface area (Å²) in [5.74, 6) is -3.35. The van der Waals surface area contributed by atoms with E-state index in [1.54, 1.807) is 24.3 Å². The van der Waals surface area contributed by atoms with Gasteiger partial charge in [-0.25, -0.2) is 5.09 Å². The highest BCUT2D eigenvalue weighted by Crippen LogP contribution is 2.48. The van der Waals surface area contributed by atoms with Crippen molar-refractivity contribution in [1.29, 1.82) is 0 Å². The van der Waals surface area contributed by atoms with Gasteiger partial charge in [0.05, 0.1) is 0 Å². The average molecular weight is 280 g/mol. The first-order valence-corrected chi connectivity index (χ1v) is 8.08. The van der Waals surface area contributed by atoms with Gasteiger partial charge in [-0.2, -0.15) is 0 Å². The van der Waals surface area contributed by atoms with Crippen molar-refractivity contribution < 1.29 is 14.4 Å². The number of para-hydroxylation sites is 1. The van der Waals surface area contributed by atoms with E-state index in [-0.39, 0.29) is 0 Å². The van der Waals surface area contributed by atoms with Crippen molar-refractivity contribution in [3.63, 3.8) is 0 Å². The number of carboxylic acids is 1. The second-order valence-corrected chi connectivity index (χ2v) is 8.05. The smallest absolute Gasteiger partial charge is 0.320 e. The van der Waals surface area contributed by atoms with Gasteiger partial charge in [-0.3, -0.25) is 4.79 Å². The molecule has 0 aliphatic heterocycles. The molecule has 16 heavy (non-hydrogen) atoms. The van der Waals surface area contributed by atoms with Crippen LogP contribution < -0.4 is 9.61 Å². The Kier molecular flexibility index (Phi) is 4.74. The van der Waals surface area contributed by atoms with E-state index in [0.29, 0.717) is 5.75 Å². The minimum Gasteiger partial charge on any atom is -0.480 e. The maximum absolute atomic E-state index is 10.6. The molecule has 7 heteroatoms. The Morgan fingerprint density at radius 3 is 2.62 bits per heavy atom. The van der Waals surface area contributed by atoms with Gasteiger partial charge in [-0.1, -0.05) is 18.2 Å². The maximum atomic E-state index is 10.6. The fraction of sp³-hybridized carbons (Fsp3) is 0.222. The first-order valence-electron chi connectivity index (χ1n) is 4.46. The lowest BCUT2D eigenvalue weighted by Crippen LogP contribution is -2.31. The second-order valence-electron chi connectivity index (χ2n) is 3.07. The highest BCUT2D eigenvalue weighted by molar-refractivity contribution is 8.23. The summed E-state index contributed by atoms with van der Waals surface area (Å²) in [6, 6.07) is 7.96. The van der Waals surface area contributed by atoms with Gasteiger partial charge in [0.25, 0.3) is 5.77 Å². The maximum Gasteiger partial charge on any atom is 0.320 e. The van der Waals surface area contributed by atoms with Crippen molar-refractivity contribution in [3.05, 3.63) is 30.3 Å². The molecule has 2 unspecified atom stereocenters. The minimum absolute atomic E-state index is 0.519. The van der Waals surface area contributed by atoms with Gasteiger partial charge in [0.1, 0.15) is 11.8 Å². The lowest BCUT2D eigenvalue weighted by Gasteiger charge is -2.19. The monoisotopic (exact) mass is 279 g/mol. The van der Waals surface area contributed by atoms with Crippen molar-refractivity contribution in [2.24, 2.45) is 0 Å². The van der Waals surface area contributed by atoms with Crippen LogP contribution in [0.4, 0.5) is 0 Å². The molecule has 0 radical (unpaired) electrons. The molecule has 1 rings (SSSR count). The predicted molar refractivity (Wildman–Crippen MR) is 67.4 cm³/mol. The molecule has 2 N–H and O–H groups in total. The summed E-state index contributed by atoms with van der Waals surface area (Å²) in [6.07, 6.45) is 0. The molecule has 88 valence electrons. The molecule has 1 aromatic carbocycles. The van der Waals surface area contributed by atoms with Gasteiger partial charge in [0, 0.05) is 0 Å². The van der Waals surface area contributed by atoms with Crippen LogP contribution in [-0.2, 0) is 16.6 Å². The fourth-order valence-electron chi connectivity index (χ4n) is 0.930. The molecule has 0 aliphatic carbocycles. The number of aliphatic carboxylic acids is 1. The van der Waals surface area contributed by atoms with E-state index < -0.39 is 17.8 Å². The van der Waals surface area contributed by atoms with Gasteiger partial charge in [-0.15, -0.1) is 0 Å². The lowest BCUT2D eigenvalue weighted by atomic mass is 10.3. The molecular weight excluding hydrogens is 269 g/mol. The second kappa shape index (κ2) is 5.64. The number of carboxylic acid groups (broad SMARTS) is 1. The van der Waals surface area contributed by atoms with E-state index in [9.17, 15) is 4.79 Å². The Morgan fingerprint density at radius 2 is 2.12 bits per heavy atom. The van der Waals surface area contributed by atoms with Crippen LogP contribution in [0.25, 0.3) is 0 Å². The molecule has 2 atom stereocenters. The van der Waals surface area contributed by atoms with Crippen LogP contribution in [0.1, 0.15) is 6.92 Å². The van der Waals surface area contributed by atoms with Crippen LogP contribution in [0.5, 0.6) is 5.75 Å². The zero-order chi connectivity index (χ0) is 12.2. The molecule has 0 heterocycles. The quantitative estimate of drug-likeness (QED) is 0.812. The Bertz CT molecular complexity index is 414. The molecular formula is C9H11ClNO3PS. The first-order chi connectivity index (χ1) is 7.41. The number of halogens is 1. The summed E-state index contributed by atoms with van der Waals surface area (Å²) in [5.41, 5.74) is 0. The van der Waals surface area contributed by atoms with Gasteiger partial charge >= 0.3 is 5.97 Å². The summed E-state index contributed by atoms with van der Waals surface area (Å²) in [4.78, 5) is 10.6. The highest BCUT2D eigenvalue weighted by Gasteiger charge is 2.22. The van der Waals surface area contributed by atoms with E-state index >= 15 is 0 Å². The summed E-state index contributed by atoms with van der Waals surface area (Å²) in [6.45, 7) is 1.46. The number of rotatable bonds is 5. The van der Waals surface area contributed by atoms with E-state index in [1.165, 1.54) is 6.92 Å². The normalized spacial score (nSPS) is 16.1. The fourth-order valence-corrected chi connectivity index (χ4v) is 3.36. The molecule has 4 nitrogen and oxygen atoms in total. The van der Waals surface area contributed by atoms with Crippen LogP contribution in [0, 0.1) is 0 Å². The molecule has 0 spiro atoms. The predicted octanol–water partition coefficient (Wildman–Crippen LogP) is 2.59. The summed E-state index contributed by atoms with van der Waals surface area (Å²) < 4.78 is 5.34. The third-order valence-corrected chi connectivity index (χ3v) is 3.87. The topological polar surface area (TPSA) is 58.6 Å². The third kappa shape index (κ3) is 4.49. The van der Waals surface area contributed by atoms with Crippen LogP contribution >= 0.6 is 17.0 Å². The van der Waals surface area contributed by atoms with Gasteiger partial charge in [-0.05, 0) is 42.1 Å². The molecule has 0 aromatic heterocycles. The van der Waals surface area contributed by atoms with Crippen molar-refractivity contribution >= 4 is 34.8 Å². The number of benzene rings is 1. The van der Waals surface area contributed by atoms with Gasteiger partial charge in [0.2, 0.25) is 0 Å². The summed E-state index contributed by atoms with van der Waals surface area (Å²) in [7, 11) is 0. The van der Waals surface area contributed by atoms with Crippen LogP contribution in [0.3, 0.4) is 0 Å². The highest BCUT2D eigenvalue weighted by atomic mass is 35.7. The Morgan fingerprint density at radius 1 is 1.56 bits per heavy atom. The minimum atomic E-state index is -2.85. The summed E-state index contributed by atoms with van der Waals surface area (Å²) in [5, 5.41) is 11.3.